The predicted molar refractivity (Wildman–Crippen MR) is 75.9 cm³/mol. The molecule has 0 saturated carbocycles. The van der Waals surface area contributed by atoms with E-state index in [0.717, 1.165) is 0 Å². The number of rotatable bonds is 0. The van der Waals surface area contributed by atoms with Crippen LogP contribution in [0.2, 0.25) is 0 Å². The van der Waals surface area contributed by atoms with Gasteiger partial charge in [0.05, 0.1) is 0 Å². The Morgan fingerprint density at radius 3 is 1.71 bits per heavy atom. The van der Waals surface area contributed by atoms with Crippen LogP contribution >= 0.6 is 0 Å². The van der Waals surface area contributed by atoms with Crippen molar-refractivity contribution in [2.24, 2.45) is 22.2 Å². The van der Waals surface area contributed by atoms with E-state index in [2.05, 4.69) is 62.3 Å². The fourth-order valence-corrected chi connectivity index (χ4v) is 4.25. The second-order valence-electron chi connectivity index (χ2n) is 7.69. The highest BCUT2D eigenvalue weighted by Crippen LogP contribution is 2.70. The Labute approximate surface area is 107 Å². The van der Waals surface area contributed by atoms with Gasteiger partial charge in [0.1, 0.15) is 0 Å². The van der Waals surface area contributed by atoms with Gasteiger partial charge < -0.3 is 0 Å². The van der Waals surface area contributed by atoms with E-state index in [1.54, 1.807) is 22.3 Å². The number of allylic oxidation sites excluding steroid dienone is 4. The van der Waals surface area contributed by atoms with Crippen molar-refractivity contribution in [3.8, 4) is 0 Å². The molecule has 0 heteroatoms. The molecule has 0 bridgehead atoms. The van der Waals surface area contributed by atoms with Crippen LogP contribution in [0.1, 0.15) is 62.3 Å². The molecule has 0 aromatic heterocycles. The van der Waals surface area contributed by atoms with E-state index in [1.165, 1.54) is 0 Å². The first kappa shape index (κ1) is 12.9. The Balaban J connectivity index is 2.75. The van der Waals surface area contributed by atoms with E-state index in [-0.39, 0.29) is 5.41 Å². The normalized spacial score (nSPS) is 33.4. The molecular weight excluding hydrogens is 204 g/mol. The lowest BCUT2D eigenvalue weighted by molar-refractivity contribution is 0.0579. The molecule has 0 radical (unpaired) electrons. The molecule has 0 heterocycles. The van der Waals surface area contributed by atoms with Gasteiger partial charge in [-0.05, 0) is 47.2 Å². The van der Waals surface area contributed by atoms with Crippen LogP contribution in [0.25, 0.3) is 0 Å². The van der Waals surface area contributed by atoms with Gasteiger partial charge in [0.15, 0.2) is 0 Å². The summed E-state index contributed by atoms with van der Waals surface area (Å²) in [6.45, 7) is 21.7. The quantitative estimate of drug-likeness (QED) is 0.527. The molecule has 0 amide bonds. The summed E-state index contributed by atoms with van der Waals surface area (Å²) in [6, 6.07) is 0. The molecule has 0 aromatic carbocycles. The van der Waals surface area contributed by atoms with Crippen molar-refractivity contribution in [1.29, 1.82) is 0 Å². The summed E-state index contributed by atoms with van der Waals surface area (Å²) in [5.74, 6) is 0.640. The fourth-order valence-electron chi connectivity index (χ4n) is 4.25. The van der Waals surface area contributed by atoms with Gasteiger partial charge in [-0.1, -0.05) is 59.6 Å². The second kappa shape index (κ2) is 3.08. The van der Waals surface area contributed by atoms with Crippen LogP contribution in [0.5, 0.6) is 0 Å². The number of hydrogen-bond acceptors (Lipinski definition) is 0. The molecule has 1 atom stereocenters. The van der Waals surface area contributed by atoms with E-state index < -0.39 is 0 Å². The molecule has 0 aliphatic heterocycles. The first-order valence-corrected chi connectivity index (χ1v) is 6.90. The first-order chi connectivity index (χ1) is 7.48. The van der Waals surface area contributed by atoms with Gasteiger partial charge in [-0.3, -0.25) is 0 Å². The zero-order valence-electron chi connectivity index (χ0n) is 13.1. The van der Waals surface area contributed by atoms with Crippen molar-refractivity contribution in [3.05, 3.63) is 22.3 Å². The molecule has 2 rings (SSSR count). The van der Waals surface area contributed by atoms with Crippen LogP contribution in [0.4, 0.5) is 0 Å². The average Bonchev–Trinajstić information content (AvgIpc) is 2.47. The van der Waals surface area contributed by atoms with Crippen LogP contribution < -0.4 is 0 Å². The molecule has 0 aromatic rings. The summed E-state index contributed by atoms with van der Waals surface area (Å²) in [7, 11) is 0. The molecule has 1 unspecified atom stereocenters. The molecule has 0 fully saturated rings. The minimum atomic E-state index is 0.280. The van der Waals surface area contributed by atoms with Gasteiger partial charge >= 0.3 is 0 Å². The maximum absolute atomic E-state index is 2.45. The molecule has 0 nitrogen and oxygen atoms in total. The van der Waals surface area contributed by atoms with Crippen molar-refractivity contribution in [2.75, 3.05) is 0 Å². The lowest BCUT2D eigenvalue weighted by Gasteiger charge is -2.48. The van der Waals surface area contributed by atoms with Gasteiger partial charge in [0.25, 0.3) is 0 Å². The lowest BCUT2D eigenvalue weighted by Crippen LogP contribution is -2.41. The Morgan fingerprint density at radius 1 is 0.824 bits per heavy atom. The molecule has 0 spiro atoms. The molecule has 0 saturated heterocycles. The van der Waals surface area contributed by atoms with Gasteiger partial charge in [-0.25, -0.2) is 0 Å². The maximum atomic E-state index is 2.45. The summed E-state index contributed by atoms with van der Waals surface area (Å²) in [5.41, 5.74) is 7.43. The standard InChI is InChI=1S/C17H28/c1-10-11(2)13-14(12(10)3)16(6,7)17(8,9)15(13,4)5/h11H,1-9H3. The smallest absolute Gasteiger partial charge is 0.000666 e. The fraction of sp³-hybridized carbons (Fsp3) is 0.765. The third kappa shape index (κ3) is 1.15. The molecule has 0 N–H and O–H groups in total. The van der Waals surface area contributed by atoms with Crippen LogP contribution in [0.15, 0.2) is 22.3 Å². The summed E-state index contributed by atoms with van der Waals surface area (Å²) in [5, 5.41) is 0. The lowest BCUT2D eigenvalue weighted by atomic mass is 9.56. The van der Waals surface area contributed by atoms with E-state index >= 15 is 0 Å². The minimum absolute atomic E-state index is 0.280. The van der Waals surface area contributed by atoms with Gasteiger partial charge in [-0.2, -0.15) is 0 Å². The van der Waals surface area contributed by atoms with E-state index in [9.17, 15) is 0 Å². The molecule has 96 valence electrons. The van der Waals surface area contributed by atoms with Crippen molar-refractivity contribution >= 4 is 0 Å². The average molecular weight is 232 g/mol. The van der Waals surface area contributed by atoms with Crippen LogP contribution in [0, 0.1) is 22.2 Å². The third-order valence-corrected chi connectivity index (χ3v) is 6.74. The summed E-state index contributed by atoms with van der Waals surface area (Å²) in [6.07, 6.45) is 0. The zero-order chi connectivity index (χ0) is 13.4. The minimum Gasteiger partial charge on any atom is -0.0632 e. The largest absolute Gasteiger partial charge is 0.0632 e. The first-order valence-electron chi connectivity index (χ1n) is 6.90. The Bertz CT molecular complexity index is 439. The highest BCUT2D eigenvalue weighted by molar-refractivity contribution is 5.57. The maximum Gasteiger partial charge on any atom is -0.000666 e. The molecule has 2 aliphatic rings. The monoisotopic (exact) mass is 232 g/mol. The van der Waals surface area contributed by atoms with E-state index in [4.69, 9.17) is 0 Å². The predicted octanol–water partition coefficient (Wildman–Crippen LogP) is 5.36. The van der Waals surface area contributed by atoms with E-state index in [0.29, 0.717) is 16.7 Å². The van der Waals surface area contributed by atoms with Crippen LogP contribution in [-0.4, -0.2) is 0 Å². The SMILES string of the molecule is CC1=C(C)C(C)C2=C1C(C)(C)C(C)(C)C2(C)C. The Kier molecular flexibility index (Phi) is 2.34. The summed E-state index contributed by atoms with van der Waals surface area (Å²) < 4.78 is 0. The highest BCUT2D eigenvalue weighted by atomic mass is 14.6. The molecular formula is C17H28. The Morgan fingerprint density at radius 2 is 1.29 bits per heavy atom. The third-order valence-electron chi connectivity index (χ3n) is 6.74. The van der Waals surface area contributed by atoms with Crippen LogP contribution in [0.3, 0.4) is 0 Å². The van der Waals surface area contributed by atoms with Gasteiger partial charge in [-0.15, -0.1) is 0 Å². The van der Waals surface area contributed by atoms with Crippen molar-refractivity contribution in [2.45, 2.75) is 62.3 Å². The van der Waals surface area contributed by atoms with Crippen molar-refractivity contribution in [3.63, 3.8) is 0 Å². The van der Waals surface area contributed by atoms with Gasteiger partial charge in [0, 0.05) is 0 Å². The van der Waals surface area contributed by atoms with E-state index in [1.807, 2.05) is 0 Å². The Hall–Kier alpha value is -0.520. The highest BCUT2D eigenvalue weighted by Gasteiger charge is 2.60. The summed E-state index contributed by atoms with van der Waals surface area (Å²) >= 11 is 0. The van der Waals surface area contributed by atoms with Crippen molar-refractivity contribution < 1.29 is 0 Å². The molecule has 2 aliphatic carbocycles. The zero-order valence-corrected chi connectivity index (χ0v) is 13.1. The number of hydrogen-bond donors (Lipinski definition) is 0. The molecule has 17 heavy (non-hydrogen) atoms. The van der Waals surface area contributed by atoms with Crippen LogP contribution in [-0.2, 0) is 0 Å². The second-order valence-corrected chi connectivity index (χ2v) is 7.69. The van der Waals surface area contributed by atoms with Gasteiger partial charge in [0.2, 0.25) is 0 Å². The summed E-state index contributed by atoms with van der Waals surface area (Å²) in [4.78, 5) is 0. The van der Waals surface area contributed by atoms with Crippen molar-refractivity contribution in [1.82, 2.24) is 0 Å². The topological polar surface area (TPSA) is 0 Å².